The first-order valence-corrected chi connectivity index (χ1v) is 8.60. The maximum absolute atomic E-state index is 12.3. The number of likely N-dealkylation sites (tertiary alicyclic amines) is 1. The molecule has 1 aromatic rings. The molecule has 2 amide bonds. The van der Waals surface area contributed by atoms with Gasteiger partial charge in [-0.2, -0.15) is 0 Å². The first-order valence-electron chi connectivity index (χ1n) is 8.60. The zero-order valence-electron chi connectivity index (χ0n) is 14.0. The molecule has 1 N–H and O–H groups in total. The van der Waals surface area contributed by atoms with E-state index in [9.17, 15) is 9.59 Å². The highest BCUT2D eigenvalue weighted by Gasteiger charge is 2.23. The van der Waals surface area contributed by atoms with E-state index in [2.05, 4.69) is 5.32 Å². The van der Waals surface area contributed by atoms with E-state index in [1.54, 1.807) is 6.07 Å². The van der Waals surface area contributed by atoms with Gasteiger partial charge in [-0.25, -0.2) is 0 Å². The van der Waals surface area contributed by atoms with E-state index >= 15 is 0 Å². The third-order valence-electron chi connectivity index (χ3n) is 4.53. The Hall–Kier alpha value is -2.08. The summed E-state index contributed by atoms with van der Waals surface area (Å²) >= 11 is 0. The summed E-state index contributed by atoms with van der Waals surface area (Å²) in [6.07, 6.45) is 3.24. The molecule has 130 valence electrons. The molecule has 0 unspecified atom stereocenters. The van der Waals surface area contributed by atoms with Crippen LogP contribution in [0.2, 0.25) is 0 Å². The number of rotatable bonds is 5. The number of fused-ring (bicyclic) bond motifs is 1. The Morgan fingerprint density at radius 1 is 1.29 bits per heavy atom. The number of hydrogen-bond acceptors (Lipinski definition) is 4. The minimum atomic E-state index is 0.0102. The summed E-state index contributed by atoms with van der Waals surface area (Å²) in [4.78, 5) is 25.5. The molecular formula is C18H24N2O4. The number of ether oxygens (including phenoxy) is 2. The van der Waals surface area contributed by atoms with Gasteiger partial charge >= 0.3 is 0 Å². The smallest absolute Gasteiger partial charge is 0.260 e. The molecule has 24 heavy (non-hydrogen) atoms. The summed E-state index contributed by atoms with van der Waals surface area (Å²) in [6, 6.07) is 5.53. The summed E-state index contributed by atoms with van der Waals surface area (Å²) < 4.78 is 11.3. The highest BCUT2D eigenvalue weighted by atomic mass is 16.5. The number of anilines is 1. The van der Waals surface area contributed by atoms with Crippen molar-refractivity contribution in [1.82, 2.24) is 4.90 Å². The van der Waals surface area contributed by atoms with Crippen molar-refractivity contribution in [3.63, 3.8) is 0 Å². The minimum absolute atomic E-state index is 0.0102. The molecule has 6 heteroatoms. The van der Waals surface area contributed by atoms with Crippen LogP contribution in [0.3, 0.4) is 0 Å². The molecule has 6 nitrogen and oxygen atoms in total. The van der Waals surface area contributed by atoms with Crippen LogP contribution in [0.4, 0.5) is 5.69 Å². The van der Waals surface area contributed by atoms with Gasteiger partial charge in [0, 0.05) is 31.8 Å². The molecule has 0 bridgehead atoms. The van der Waals surface area contributed by atoms with E-state index in [4.69, 9.17) is 9.47 Å². The highest BCUT2D eigenvalue weighted by molar-refractivity contribution is 5.94. The average Bonchev–Trinajstić information content (AvgIpc) is 2.60. The van der Waals surface area contributed by atoms with Gasteiger partial charge in [0.25, 0.3) is 5.91 Å². The van der Waals surface area contributed by atoms with E-state index in [0.29, 0.717) is 18.6 Å². The molecule has 2 aliphatic heterocycles. The van der Waals surface area contributed by atoms with Crippen LogP contribution in [-0.2, 0) is 20.7 Å². The Bertz CT molecular complexity index is 609. The monoisotopic (exact) mass is 332 g/mol. The summed E-state index contributed by atoms with van der Waals surface area (Å²) in [5.74, 6) is 0.722. The number of hydrogen-bond donors (Lipinski definition) is 1. The summed E-state index contributed by atoms with van der Waals surface area (Å²) in [5, 5.41) is 2.84. The van der Waals surface area contributed by atoms with Crippen molar-refractivity contribution in [2.45, 2.75) is 38.7 Å². The van der Waals surface area contributed by atoms with E-state index in [-0.39, 0.29) is 24.5 Å². The fraction of sp³-hybridized carbons (Fsp3) is 0.556. The molecule has 2 aliphatic rings. The van der Waals surface area contributed by atoms with Gasteiger partial charge in [-0.1, -0.05) is 0 Å². The average molecular weight is 332 g/mol. The first-order chi connectivity index (χ1) is 11.7. The number of aryl methyl sites for hydroxylation is 1. The maximum Gasteiger partial charge on any atom is 0.260 e. The van der Waals surface area contributed by atoms with Crippen LogP contribution in [0.5, 0.6) is 5.75 Å². The Morgan fingerprint density at radius 3 is 2.83 bits per heavy atom. The van der Waals surface area contributed by atoms with Crippen LogP contribution in [0.1, 0.15) is 31.7 Å². The van der Waals surface area contributed by atoms with Crippen molar-refractivity contribution < 1.29 is 19.1 Å². The summed E-state index contributed by atoms with van der Waals surface area (Å²) in [5.41, 5.74) is 1.89. The second-order valence-electron chi connectivity index (χ2n) is 6.19. The zero-order valence-corrected chi connectivity index (χ0v) is 14.0. The first kappa shape index (κ1) is 16.8. The van der Waals surface area contributed by atoms with Gasteiger partial charge in [-0.05, 0) is 49.9 Å². The van der Waals surface area contributed by atoms with E-state index in [1.807, 2.05) is 24.0 Å². The highest BCUT2D eigenvalue weighted by Crippen LogP contribution is 2.26. The molecule has 1 saturated heterocycles. The number of amides is 2. The summed E-state index contributed by atoms with van der Waals surface area (Å²) in [7, 11) is 0. The Balaban J connectivity index is 1.49. The molecule has 0 aromatic heterocycles. The SMILES string of the molecule is CCOC1CCN(C(=O)COc2ccc3c(c2)CCC(=O)N3)CC1. The van der Waals surface area contributed by atoms with Crippen LogP contribution >= 0.6 is 0 Å². The van der Waals surface area contributed by atoms with Crippen molar-refractivity contribution in [1.29, 1.82) is 0 Å². The van der Waals surface area contributed by atoms with Gasteiger partial charge in [0.05, 0.1) is 6.10 Å². The lowest BCUT2D eigenvalue weighted by Gasteiger charge is -2.31. The Kier molecular flexibility index (Phi) is 5.35. The molecule has 0 spiro atoms. The molecule has 0 aliphatic carbocycles. The van der Waals surface area contributed by atoms with Crippen molar-refractivity contribution in [2.75, 3.05) is 31.6 Å². The fourth-order valence-corrected chi connectivity index (χ4v) is 3.19. The molecule has 1 aromatic carbocycles. The predicted molar refractivity (Wildman–Crippen MR) is 90.1 cm³/mol. The number of benzene rings is 1. The topological polar surface area (TPSA) is 67.9 Å². The van der Waals surface area contributed by atoms with Crippen molar-refractivity contribution in [3.8, 4) is 5.75 Å². The third kappa shape index (κ3) is 4.06. The van der Waals surface area contributed by atoms with Crippen LogP contribution in [0, 0.1) is 0 Å². The Morgan fingerprint density at radius 2 is 2.08 bits per heavy atom. The van der Waals surface area contributed by atoms with E-state index in [0.717, 1.165) is 43.8 Å². The number of nitrogens with zero attached hydrogens (tertiary/aromatic N) is 1. The van der Waals surface area contributed by atoms with Crippen LogP contribution < -0.4 is 10.1 Å². The Labute approximate surface area is 142 Å². The fourth-order valence-electron chi connectivity index (χ4n) is 3.19. The van der Waals surface area contributed by atoms with Gasteiger partial charge < -0.3 is 19.7 Å². The molecule has 0 atom stereocenters. The summed E-state index contributed by atoms with van der Waals surface area (Å²) in [6.45, 7) is 4.21. The molecule has 0 radical (unpaired) electrons. The van der Waals surface area contributed by atoms with Crippen LogP contribution in [0.15, 0.2) is 18.2 Å². The predicted octanol–water partition coefficient (Wildman–Crippen LogP) is 1.98. The van der Waals surface area contributed by atoms with Gasteiger partial charge in [0.2, 0.25) is 5.91 Å². The van der Waals surface area contributed by atoms with Gasteiger partial charge in [-0.3, -0.25) is 9.59 Å². The lowest BCUT2D eigenvalue weighted by Crippen LogP contribution is -2.43. The number of nitrogens with one attached hydrogen (secondary N) is 1. The van der Waals surface area contributed by atoms with E-state index in [1.165, 1.54) is 0 Å². The largest absolute Gasteiger partial charge is 0.484 e. The normalized spacial score (nSPS) is 18.0. The van der Waals surface area contributed by atoms with Gasteiger partial charge in [0.1, 0.15) is 5.75 Å². The van der Waals surface area contributed by atoms with Crippen molar-refractivity contribution >= 4 is 17.5 Å². The number of carbonyl (C=O) groups is 2. The molecule has 1 fully saturated rings. The number of piperidine rings is 1. The van der Waals surface area contributed by atoms with Crippen molar-refractivity contribution in [3.05, 3.63) is 23.8 Å². The van der Waals surface area contributed by atoms with E-state index < -0.39 is 0 Å². The van der Waals surface area contributed by atoms with Crippen LogP contribution in [0.25, 0.3) is 0 Å². The van der Waals surface area contributed by atoms with Crippen molar-refractivity contribution in [2.24, 2.45) is 0 Å². The van der Waals surface area contributed by atoms with Crippen LogP contribution in [-0.4, -0.2) is 49.1 Å². The second-order valence-corrected chi connectivity index (χ2v) is 6.19. The van der Waals surface area contributed by atoms with Gasteiger partial charge in [-0.15, -0.1) is 0 Å². The quantitative estimate of drug-likeness (QED) is 0.895. The zero-order chi connectivity index (χ0) is 16.9. The van der Waals surface area contributed by atoms with Gasteiger partial charge in [0.15, 0.2) is 6.61 Å². The minimum Gasteiger partial charge on any atom is -0.484 e. The standard InChI is InChI=1S/C18H24N2O4/c1-2-23-14-7-9-20(10-8-14)18(22)12-24-15-4-5-16-13(11-15)3-6-17(21)19-16/h4-5,11,14H,2-3,6-10,12H2,1H3,(H,19,21). The second kappa shape index (κ2) is 7.66. The number of carbonyl (C=O) groups excluding carboxylic acids is 2. The lowest BCUT2D eigenvalue weighted by molar-refractivity contribution is -0.135. The molecular weight excluding hydrogens is 308 g/mol. The maximum atomic E-state index is 12.3. The molecule has 2 heterocycles. The lowest BCUT2D eigenvalue weighted by atomic mass is 10.0. The third-order valence-corrected chi connectivity index (χ3v) is 4.53. The molecule has 3 rings (SSSR count). The molecule has 0 saturated carbocycles.